The van der Waals surface area contributed by atoms with E-state index in [4.69, 9.17) is 14.6 Å². The first kappa shape index (κ1) is 25.3. The number of ether oxygens (including phenoxy) is 1. The van der Waals surface area contributed by atoms with Gasteiger partial charge < -0.3 is 9.84 Å². The number of fused-ring (bicyclic) bond motifs is 2. The Kier molecular flexibility index (Phi) is 7.07. The van der Waals surface area contributed by atoms with Gasteiger partial charge in [0.1, 0.15) is 11.6 Å². The van der Waals surface area contributed by atoms with Crippen LogP contribution in [-0.4, -0.2) is 62.1 Å². The van der Waals surface area contributed by atoms with Gasteiger partial charge in [0.2, 0.25) is 0 Å². The molecule has 0 radical (unpaired) electrons. The van der Waals surface area contributed by atoms with Crippen LogP contribution < -0.4 is 10.3 Å². The molecule has 1 spiro atoms. The number of rotatable bonds is 4. The highest BCUT2D eigenvalue weighted by atomic mass is 19.4. The summed E-state index contributed by atoms with van der Waals surface area (Å²) in [5.74, 6) is -1.16. The number of aromatic nitrogens is 4. The molecular weight excluding hydrogens is 479 g/mol. The molecular formula is C24H24F3N5O4. The highest BCUT2D eigenvalue weighted by Crippen LogP contribution is 2.41. The van der Waals surface area contributed by atoms with Crippen LogP contribution in [0.1, 0.15) is 24.2 Å². The van der Waals surface area contributed by atoms with Gasteiger partial charge in [0.25, 0.3) is 5.56 Å². The second-order valence-electron chi connectivity index (χ2n) is 8.71. The first-order chi connectivity index (χ1) is 17.1. The number of hydrogen-bond donors (Lipinski definition) is 1. The monoisotopic (exact) mass is 503 g/mol. The molecule has 0 saturated carbocycles. The van der Waals surface area contributed by atoms with Crippen molar-refractivity contribution in [2.24, 2.45) is 0 Å². The van der Waals surface area contributed by atoms with Crippen molar-refractivity contribution >= 4 is 5.97 Å². The number of halogens is 3. The van der Waals surface area contributed by atoms with Crippen molar-refractivity contribution in [1.82, 2.24) is 24.6 Å². The predicted octanol–water partition coefficient (Wildman–Crippen LogP) is 2.89. The average molecular weight is 503 g/mol. The summed E-state index contributed by atoms with van der Waals surface area (Å²) in [6.07, 6.45) is 0.569. The second-order valence-corrected chi connectivity index (χ2v) is 8.71. The molecule has 0 amide bonds. The van der Waals surface area contributed by atoms with Gasteiger partial charge in [-0.3, -0.25) is 19.2 Å². The third-order valence-electron chi connectivity index (χ3n) is 6.40. The van der Waals surface area contributed by atoms with Crippen molar-refractivity contribution in [2.75, 3.05) is 20.2 Å². The number of pyridine rings is 1. The zero-order chi connectivity index (χ0) is 25.9. The van der Waals surface area contributed by atoms with Gasteiger partial charge in [-0.1, -0.05) is 6.07 Å². The van der Waals surface area contributed by atoms with Gasteiger partial charge in [-0.2, -0.15) is 13.2 Å². The smallest absolute Gasteiger partial charge is 0.490 e. The third kappa shape index (κ3) is 5.23. The summed E-state index contributed by atoms with van der Waals surface area (Å²) in [4.78, 5) is 28.7. The Morgan fingerprint density at radius 1 is 1.14 bits per heavy atom. The average Bonchev–Trinajstić information content (AvgIpc) is 3.44. The van der Waals surface area contributed by atoms with Crippen LogP contribution in [-0.2, 0) is 23.3 Å². The predicted molar refractivity (Wildman–Crippen MR) is 122 cm³/mol. The van der Waals surface area contributed by atoms with E-state index in [1.54, 1.807) is 13.3 Å². The van der Waals surface area contributed by atoms with Crippen LogP contribution in [0.2, 0.25) is 0 Å². The molecule has 4 heterocycles. The van der Waals surface area contributed by atoms with E-state index in [9.17, 15) is 18.0 Å². The topological polar surface area (TPSA) is 110 Å². The zero-order valence-corrected chi connectivity index (χ0v) is 19.4. The van der Waals surface area contributed by atoms with E-state index in [-0.39, 0.29) is 11.0 Å². The van der Waals surface area contributed by atoms with Crippen LogP contribution in [0.4, 0.5) is 13.2 Å². The molecule has 0 bridgehead atoms. The van der Waals surface area contributed by atoms with Crippen molar-refractivity contribution in [3.05, 3.63) is 70.5 Å². The van der Waals surface area contributed by atoms with Gasteiger partial charge in [-0.15, -0.1) is 10.2 Å². The van der Waals surface area contributed by atoms with E-state index >= 15 is 0 Å². The number of aliphatic carboxylic acids is 1. The van der Waals surface area contributed by atoms with Crippen LogP contribution in [0.5, 0.6) is 5.75 Å². The maximum absolute atomic E-state index is 13.1. The summed E-state index contributed by atoms with van der Waals surface area (Å²) in [5, 5.41) is 16.0. The van der Waals surface area contributed by atoms with Crippen molar-refractivity contribution in [2.45, 2.75) is 37.5 Å². The maximum atomic E-state index is 13.1. The van der Waals surface area contributed by atoms with Crippen molar-refractivity contribution < 1.29 is 27.8 Å². The largest absolute Gasteiger partial charge is 0.497 e. The fourth-order valence-electron chi connectivity index (χ4n) is 4.62. The van der Waals surface area contributed by atoms with Gasteiger partial charge in [0.05, 0.1) is 7.11 Å². The molecule has 1 N–H and O–H groups in total. The lowest BCUT2D eigenvalue weighted by Crippen LogP contribution is -2.33. The summed E-state index contributed by atoms with van der Waals surface area (Å²) in [7, 11) is 1.62. The van der Waals surface area contributed by atoms with Gasteiger partial charge in [-0.25, -0.2) is 4.79 Å². The Morgan fingerprint density at radius 3 is 2.44 bits per heavy atom. The minimum atomic E-state index is -5.08. The molecule has 190 valence electrons. The van der Waals surface area contributed by atoms with E-state index in [0.29, 0.717) is 12.2 Å². The van der Waals surface area contributed by atoms with Gasteiger partial charge in [0, 0.05) is 43.0 Å². The molecule has 1 unspecified atom stereocenters. The van der Waals surface area contributed by atoms with Crippen LogP contribution in [0.15, 0.2) is 53.6 Å². The zero-order valence-electron chi connectivity index (χ0n) is 19.4. The van der Waals surface area contributed by atoms with E-state index in [0.717, 1.165) is 49.6 Å². The highest BCUT2D eigenvalue weighted by Gasteiger charge is 2.47. The quantitative estimate of drug-likeness (QED) is 0.579. The number of likely N-dealkylation sites (tertiary alicyclic amines) is 1. The lowest BCUT2D eigenvalue weighted by molar-refractivity contribution is -0.192. The molecule has 0 aliphatic carbocycles. The number of benzene rings is 1. The van der Waals surface area contributed by atoms with Gasteiger partial charge in [0.15, 0.2) is 5.69 Å². The molecule has 9 nitrogen and oxygen atoms in total. The first-order valence-corrected chi connectivity index (χ1v) is 11.2. The van der Waals surface area contributed by atoms with Gasteiger partial charge in [-0.05, 0) is 55.3 Å². The van der Waals surface area contributed by atoms with Crippen molar-refractivity contribution in [3.63, 3.8) is 0 Å². The Balaban J connectivity index is 0.000000384. The standard InChI is InChI=1S/C22H23N5O2.C2HF3O2/c1-29-18-6-4-17(5-7-18)19-20(28)27-12-9-22(21(27)25-24-19)8-11-26(15-22)14-16-3-2-10-23-13-16;3-2(4,5)1(6)7/h2-7,10,13H,8-9,11-12,14-15H2,1H3;(H,6,7). The number of methoxy groups -OCH3 is 1. The Labute approximate surface area is 204 Å². The molecule has 36 heavy (non-hydrogen) atoms. The van der Waals surface area contributed by atoms with Crippen LogP contribution in [0, 0.1) is 0 Å². The minimum absolute atomic E-state index is 0.0530. The van der Waals surface area contributed by atoms with Crippen molar-refractivity contribution in [1.29, 1.82) is 0 Å². The number of nitrogens with zero attached hydrogens (tertiary/aromatic N) is 5. The summed E-state index contributed by atoms with van der Waals surface area (Å²) >= 11 is 0. The summed E-state index contributed by atoms with van der Waals surface area (Å²) in [5.41, 5.74) is 2.25. The molecule has 3 aromatic rings. The fourth-order valence-corrected chi connectivity index (χ4v) is 4.62. The molecule has 2 aromatic heterocycles. The van der Waals surface area contributed by atoms with E-state index in [1.807, 2.05) is 41.1 Å². The Bertz CT molecular complexity index is 1280. The van der Waals surface area contributed by atoms with Crippen molar-refractivity contribution in [3.8, 4) is 17.0 Å². The number of carbonyl (C=O) groups is 1. The number of hydrogen-bond acceptors (Lipinski definition) is 7. The molecule has 1 atom stereocenters. The van der Waals surface area contributed by atoms with E-state index in [1.165, 1.54) is 5.56 Å². The molecule has 1 aromatic carbocycles. The maximum Gasteiger partial charge on any atom is 0.490 e. The SMILES string of the molecule is COc1ccc(-c2nnc3n(c2=O)CCC32CCN(Cc3cccnc3)C2)cc1.O=C(O)C(F)(F)F. The molecule has 12 heteroatoms. The Hall–Kier alpha value is -3.80. The summed E-state index contributed by atoms with van der Waals surface area (Å²) in [6.45, 7) is 3.47. The molecule has 5 rings (SSSR count). The normalized spacial score (nSPS) is 19.0. The fraction of sp³-hybridized carbons (Fsp3) is 0.375. The van der Waals surface area contributed by atoms with Gasteiger partial charge >= 0.3 is 12.1 Å². The number of alkyl halides is 3. The summed E-state index contributed by atoms with van der Waals surface area (Å²) in [6, 6.07) is 11.5. The lowest BCUT2D eigenvalue weighted by Gasteiger charge is -2.23. The number of carboxylic acid groups (broad SMARTS) is 1. The first-order valence-electron chi connectivity index (χ1n) is 11.2. The second kappa shape index (κ2) is 10.1. The lowest BCUT2D eigenvalue weighted by atomic mass is 9.85. The minimum Gasteiger partial charge on any atom is -0.497 e. The van der Waals surface area contributed by atoms with Crippen LogP contribution >= 0.6 is 0 Å². The van der Waals surface area contributed by atoms with Crippen LogP contribution in [0.25, 0.3) is 11.3 Å². The number of carboxylic acids is 1. The third-order valence-corrected chi connectivity index (χ3v) is 6.40. The van der Waals surface area contributed by atoms with E-state index in [2.05, 4.69) is 26.1 Å². The highest BCUT2D eigenvalue weighted by molar-refractivity contribution is 5.73. The van der Waals surface area contributed by atoms with Crippen LogP contribution in [0.3, 0.4) is 0 Å². The molecule has 2 aliphatic rings. The molecule has 1 saturated heterocycles. The molecule has 1 fully saturated rings. The summed E-state index contributed by atoms with van der Waals surface area (Å²) < 4.78 is 38.8. The Morgan fingerprint density at radius 2 is 1.83 bits per heavy atom. The molecule has 2 aliphatic heterocycles. The van der Waals surface area contributed by atoms with E-state index < -0.39 is 12.1 Å².